The zero-order chi connectivity index (χ0) is 24.0. The van der Waals surface area contributed by atoms with Gasteiger partial charge in [0.2, 0.25) is 0 Å². The maximum Gasteiger partial charge on any atom is 0.419 e. The largest absolute Gasteiger partial charge is 0.419 e. The molecular weight excluding hydrogens is 448 g/mol. The fraction of sp³-hybridized carbons (Fsp3) is 0.0800. The second kappa shape index (κ2) is 7.95. The number of hydrogen-bond donors (Lipinski definition) is 2. The van der Waals surface area contributed by atoms with E-state index in [9.17, 15) is 22.4 Å². The lowest BCUT2D eigenvalue weighted by molar-refractivity contribution is -0.140. The van der Waals surface area contributed by atoms with Crippen LogP contribution in [0.5, 0.6) is 0 Å². The molecule has 9 heteroatoms. The van der Waals surface area contributed by atoms with Crippen molar-refractivity contribution in [3.63, 3.8) is 0 Å². The Bertz CT molecular complexity index is 1570. The molecule has 0 aliphatic heterocycles. The van der Waals surface area contributed by atoms with Crippen LogP contribution in [0, 0.1) is 12.7 Å². The molecule has 5 nitrogen and oxygen atoms in total. The lowest BCUT2D eigenvalue weighted by Gasteiger charge is -2.12. The Morgan fingerprint density at radius 2 is 1.82 bits per heavy atom. The van der Waals surface area contributed by atoms with Crippen LogP contribution in [0.4, 0.5) is 23.2 Å². The molecule has 0 radical (unpaired) electrons. The molecule has 0 saturated carbocycles. The third-order valence-corrected chi connectivity index (χ3v) is 5.62. The zero-order valence-electron chi connectivity index (χ0n) is 17.7. The first-order valence-electron chi connectivity index (χ1n) is 10.2. The lowest BCUT2D eigenvalue weighted by atomic mass is 9.98. The molecule has 34 heavy (non-hydrogen) atoms. The summed E-state index contributed by atoms with van der Waals surface area (Å²) in [7, 11) is 0. The summed E-state index contributed by atoms with van der Waals surface area (Å²) < 4.78 is 52.6. The summed E-state index contributed by atoms with van der Waals surface area (Å²) in [6.45, 7) is 1.92. The average Bonchev–Trinajstić information content (AvgIpc) is 3.17. The number of nitrogens with zero attached hydrogens (tertiary/aromatic N) is 2. The fourth-order valence-corrected chi connectivity index (χ4v) is 3.90. The van der Waals surface area contributed by atoms with Crippen LogP contribution in [0.2, 0.25) is 0 Å². The molecule has 0 aliphatic carbocycles. The number of amides is 1. The van der Waals surface area contributed by atoms with Crippen molar-refractivity contribution in [1.29, 1.82) is 0 Å². The molecular formula is C25H16F4N4O. The van der Waals surface area contributed by atoms with Crippen molar-refractivity contribution in [3.05, 3.63) is 89.6 Å². The van der Waals surface area contributed by atoms with Gasteiger partial charge >= 0.3 is 6.18 Å². The van der Waals surface area contributed by atoms with E-state index >= 15 is 0 Å². The molecule has 0 atom stereocenters. The number of hydrogen-bond acceptors (Lipinski definition) is 3. The van der Waals surface area contributed by atoms with Crippen molar-refractivity contribution in [1.82, 2.24) is 15.0 Å². The van der Waals surface area contributed by atoms with Crippen molar-refractivity contribution >= 4 is 33.5 Å². The number of H-pyrrole nitrogens is 1. The maximum atomic E-state index is 13.6. The van der Waals surface area contributed by atoms with E-state index in [1.807, 2.05) is 25.1 Å². The molecule has 0 fully saturated rings. The molecule has 1 amide bonds. The molecule has 5 aromatic rings. The highest BCUT2D eigenvalue weighted by molar-refractivity contribution is 6.07. The molecule has 0 saturated heterocycles. The molecule has 2 heterocycles. The van der Waals surface area contributed by atoms with Gasteiger partial charge in [-0.3, -0.25) is 4.79 Å². The number of carbonyl (C=O) groups is 1. The molecule has 0 unspecified atom stereocenters. The van der Waals surface area contributed by atoms with E-state index in [2.05, 4.69) is 20.3 Å². The number of carbonyl (C=O) groups excluding carboxylic acids is 1. The maximum absolute atomic E-state index is 13.6. The number of aromatic nitrogens is 3. The third kappa shape index (κ3) is 3.85. The van der Waals surface area contributed by atoms with Gasteiger partial charge < -0.3 is 10.3 Å². The van der Waals surface area contributed by atoms with Gasteiger partial charge in [-0.05, 0) is 66.1 Å². The number of alkyl halides is 3. The second-order valence-corrected chi connectivity index (χ2v) is 7.85. The van der Waals surface area contributed by atoms with E-state index in [-0.39, 0.29) is 5.56 Å². The Morgan fingerprint density at radius 3 is 2.62 bits per heavy atom. The van der Waals surface area contributed by atoms with E-state index in [1.54, 1.807) is 24.4 Å². The van der Waals surface area contributed by atoms with Gasteiger partial charge in [-0.1, -0.05) is 12.1 Å². The predicted molar refractivity (Wildman–Crippen MR) is 121 cm³/mol. The number of nitrogens with one attached hydrogen (secondary N) is 2. The summed E-state index contributed by atoms with van der Waals surface area (Å²) in [5.41, 5.74) is 2.89. The summed E-state index contributed by atoms with van der Waals surface area (Å²) in [5.74, 6) is -2.20. The Kier molecular flexibility index (Phi) is 5.04. The normalized spacial score (nSPS) is 11.8. The van der Waals surface area contributed by atoms with Crippen molar-refractivity contribution in [2.75, 3.05) is 5.32 Å². The number of aromatic amines is 1. The van der Waals surface area contributed by atoms with Gasteiger partial charge in [0.1, 0.15) is 17.8 Å². The Hall–Kier alpha value is -4.27. The van der Waals surface area contributed by atoms with Crippen LogP contribution in [0.25, 0.3) is 33.1 Å². The SMILES string of the molecule is Cc1ccc(NC(=O)c2ccc(F)c(C(F)(F)F)c2)cc1-c1ccc2[nH]c3ncncc3c2c1. The average molecular weight is 464 g/mol. The highest BCUT2D eigenvalue weighted by Crippen LogP contribution is 2.33. The summed E-state index contributed by atoms with van der Waals surface area (Å²) in [6.07, 6.45) is -1.70. The van der Waals surface area contributed by atoms with E-state index in [4.69, 9.17) is 0 Å². The standard InChI is InChI=1S/C25H16F4N4O/c1-13-2-5-16(32-24(34)15-3-6-21(26)20(9-15)25(27,28)29)10-17(13)14-4-7-22-18(8-14)19-11-30-12-31-23(19)33-22/h2-12H,1H3,(H,32,34)(H,30,31,33). The first-order valence-corrected chi connectivity index (χ1v) is 10.2. The summed E-state index contributed by atoms with van der Waals surface area (Å²) in [5, 5.41) is 4.41. The Balaban J connectivity index is 1.49. The third-order valence-electron chi connectivity index (χ3n) is 5.62. The van der Waals surface area contributed by atoms with Gasteiger partial charge in [-0.25, -0.2) is 14.4 Å². The van der Waals surface area contributed by atoms with E-state index in [1.165, 1.54) is 6.33 Å². The topological polar surface area (TPSA) is 70.7 Å². The molecule has 3 aromatic carbocycles. The van der Waals surface area contributed by atoms with Crippen LogP contribution in [0.3, 0.4) is 0 Å². The molecule has 5 rings (SSSR count). The first-order chi connectivity index (χ1) is 16.2. The second-order valence-electron chi connectivity index (χ2n) is 7.85. The number of aryl methyl sites for hydroxylation is 1. The molecule has 0 bridgehead atoms. The molecule has 0 aliphatic rings. The monoisotopic (exact) mass is 464 g/mol. The number of benzene rings is 3. The van der Waals surface area contributed by atoms with Crippen LogP contribution >= 0.6 is 0 Å². The molecule has 0 spiro atoms. The van der Waals surface area contributed by atoms with Crippen molar-refractivity contribution < 1.29 is 22.4 Å². The fourth-order valence-electron chi connectivity index (χ4n) is 3.90. The zero-order valence-corrected chi connectivity index (χ0v) is 17.7. The number of rotatable bonds is 3. The van der Waals surface area contributed by atoms with Crippen LogP contribution in [0.15, 0.2) is 67.1 Å². The van der Waals surface area contributed by atoms with Crippen LogP contribution in [-0.2, 0) is 6.18 Å². The van der Waals surface area contributed by atoms with Gasteiger partial charge in [0, 0.05) is 33.7 Å². The minimum Gasteiger partial charge on any atom is -0.339 e. The summed E-state index contributed by atoms with van der Waals surface area (Å²) in [6, 6.07) is 13.2. The molecule has 2 N–H and O–H groups in total. The van der Waals surface area contributed by atoms with Crippen LogP contribution in [0.1, 0.15) is 21.5 Å². The van der Waals surface area contributed by atoms with Gasteiger partial charge in [0.25, 0.3) is 5.91 Å². The van der Waals surface area contributed by atoms with E-state index < -0.39 is 23.5 Å². The van der Waals surface area contributed by atoms with Gasteiger partial charge in [-0.2, -0.15) is 13.2 Å². The number of anilines is 1. The summed E-state index contributed by atoms with van der Waals surface area (Å²) in [4.78, 5) is 24.2. The Labute approximate surface area is 190 Å². The molecule has 2 aromatic heterocycles. The number of fused-ring (bicyclic) bond motifs is 3. The van der Waals surface area contributed by atoms with Crippen molar-refractivity contribution in [2.45, 2.75) is 13.1 Å². The predicted octanol–water partition coefficient (Wildman–Crippen LogP) is 6.50. The lowest BCUT2D eigenvalue weighted by Crippen LogP contribution is -2.15. The minimum absolute atomic E-state index is 0.295. The minimum atomic E-state index is -4.90. The highest BCUT2D eigenvalue weighted by atomic mass is 19.4. The smallest absolute Gasteiger partial charge is 0.339 e. The van der Waals surface area contributed by atoms with Gasteiger partial charge in [0.05, 0.1) is 5.56 Å². The Morgan fingerprint density at radius 1 is 1.00 bits per heavy atom. The van der Waals surface area contributed by atoms with E-state index in [0.29, 0.717) is 17.8 Å². The van der Waals surface area contributed by atoms with Crippen molar-refractivity contribution in [2.24, 2.45) is 0 Å². The van der Waals surface area contributed by atoms with Gasteiger partial charge in [-0.15, -0.1) is 0 Å². The van der Waals surface area contributed by atoms with E-state index in [0.717, 1.165) is 44.7 Å². The van der Waals surface area contributed by atoms with Crippen LogP contribution < -0.4 is 5.32 Å². The van der Waals surface area contributed by atoms with Gasteiger partial charge in [0.15, 0.2) is 0 Å². The summed E-state index contributed by atoms with van der Waals surface area (Å²) >= 11 is 0. The molecule has 170 valence electrons. The van der Waals surface area contributed by atoms with Crippen LogP contribution in [-0.4, -0.2) is 20.9 Å². The highest BCUT2D eigenvalue weighted by Gasteiger charge is 2.34. The quantitative estimate of drug-likeness (QED) is 0.300. The van der Waals surface area contributed by atoms with Crippen molar-refractivity contribution in [3.8, 4) is 11.1 Å². The first kappa shape index (κ1) is 21.6. The number of halogens is 4.